The molecule has 0 saturated carbocycles. The van der Waals surface area contributed by atoms with Crippen LogP contribution in [0.5, 0.6) is 0 Å². The summed E-state index contributed by atoms with van der Waals surface area (Å²) >= 11 is 3.25. The second kappa shape index (κ2) is 6.50. The van der Waals surface area contributed by atoms with E-state index < -0.39 is 6.10 Å². The van der Waals surface area contributed by atoms with Gasteiger partial charge < -0.3 is 15.2 Å². The van der Waals surface area contributed by atoms with Crippen LogP contribution in [0.1, 0.15) is 20.8 Å². The van der Waals surface area contributed by atoms with Crippen molar-refractivity contribution in [3.8, 4) is 0 Å². The maximum Gasteiger partial charge on any atom is 0.124 e. The maximum absolute atomic E-state index is 12.9. The first-order valence-electron chi connectivity index (χ1n) is 5.79. The number of benzene rings is 1. The number of aliphatic hydroxyl groups excluding tert-OH is 1. The van der Waals surface area contributed by atoms with Crippen molar-refractivity contribution < 1.29 is 14.2 Å². The Kier molecular flexibility index (Phi) is 5.56. The molecule has 0 amide bonds. The summed E-state index contributed by atoms with van der Waals surface area (Å²) in [5.41, 5.74) is 0.475. The molecule has 1 atom stereocenters. The van der Waals surface area contributed by atoms with E-state index in [4.69, 9.17) is 4.74 Å². The molecule has 0 radical (unpaired) electrons. The highest BCUT2D eigenvalue weighted by molar-refractivity contribution is 9.10. The van der Waals surface area contributed by atoms with Gasteiger partial charge in [-0.05, 0) is 54.9 Å². The zero-order valence-corrected chi connectivity index (χ0v) is 12.4. The number of ether oxygens (including phenoxy) is 1. The van der Waals surface area contributed by atoms with Crippen molar-refractivity contribution >= 4 is 21.6 Å². The lowest BCUT2D eigenvalue weighted by molar-refractivity contribution is -0.0449. The van der Waals surface area contributed by atoms with Gasteiger partial charge >= 0.3 is 0 Å². The molecule has 0 heterocycles. The topological polar surface area (TPSA) is 41.5 Å². The van der Waals surface area contributed by atoms with Crippen LogP contribution in [0.3, 0.4) is 0 Å². The molecule has 0 aliphatic heterocycles. The van der Waals surface area contributed by atoms with E-state index in [1.54, 1.807) is 6.07 Å². The third-order valence-corrected chi connectivity index (χ3v) is 2.82. The molecule has 5 heteroatoms. The Morgan fingerprint density at radius 1 is 1.44 bits per heavy atom. The Morgan fingerprint density at radius 2 is 2.11 bits per heavy atom. The number of nitrogens with one attached hydrogen (secondary N) is 1. The average molecular weight is 320 g/mol. The quantitative estimate of drug-likeness (QED) is 0.875. The van der Waals surface area contributed by atoms with Crippen LogP contribution in [0.15, 0.2) is 22.7 Å². The van der Waals surface area contributed by atoms with Gasteiger partial charge in [-0.15, -0.1) is 0 Å². The summed E-state index contributed by atoms with van der Waals surface area (Å²) in [4.78, 5) is 0. The molecule has 0 aliphatic carbocycles. The largest absolute Gasteiger partial charge is 0.389 e. The summed E-state index contributed by atoms with van der Waals surface area (Å²) in [6.45, 7) is 6.41. The van der Waals surface area contributed by atoms with E-state index >= 15 is 0 Å². The van der Waals surface area contributed by atoms with Crippen LogP contribution in [0, 0.1) is 5.82 Å². The van der Waals surface area contributed by atoms with E-state index in [0.717, 1.165) is 5.69 Å². The minimum Gasteiger partial charge on any atom is -0.389 e. The van der Waals surface area contributed by atoms with E-state index in [1.807, 2.05) is 20.8 Å². The van der Waals surface area contributed by atoms with E-state index in [-0.39, 0.29) is 18.0 Å². The molecule has 2 N–H and O–H groups in total. The van der Waals surface area contributed by atoms with Crippen molar-refractivity contribution in [3.05, 3.63) is 28.5 Å². The van der Waals surface area contributed by atoms with E-state index in [9.17, 15) is 9.50 Å². The number of hydrogen-bond acceptors (Lipinski definition) is 3. The fourth-order valence-corrected chi connectivity index (χ4v) is 1.76. The Balaban J connectivity index is 2.40. The van der Waals surface area contributed by atoms with Gasteiger partial charge in [-0.3, -0.25) is 0 Å². The first kappa shape index (κ1) is 15.4. The van der Waals surface area contributed by atoms with Crippen molar-refractivity contribution in [2.45, 2.75) is 32.5 Å². The van der Waals surface area contributed by atoms with Crippen molar-refractivity contribution in [2.24, 2.45) is 0 Å². The molecule has 102 valence electrons. The first-order valence-corrected chi connectivity index (χ1v) is 6.58. The molecule has 0 spiro atoms. The van der Waals surface area contributed by atoms with Gasteiger partial charge in [0.15, 0.2) is 0 Å². The zero-order valence-electron chi connectivity index (χ0n) is 10.8. The molecule has 1 aromatic carbocycles. The smallest absolute Gasteiger partial charge is 0.124 e. The Bertz CT molecular complexity index is 393. The van der Waals surface area contributed by atoms with E-state index in [1.165, 1.54) is 12.1 Å². The predicted octanol–water partition coefficient (Wildman–Crippen LogP) is 3.18. The molecular formula is C13H19BrFNO2. The van der Waals surface area contributed by atoms with Crippen molar-refractivity contribution in [1.82, 2.24) is 0 Å². The van der Waals surface area contributed by atoms with Crippen LogP contribution >= 0.6 is 15.9 Å². The van der Waals surface area contributed by atoms with Gasteiger partial charge in [0.1, 0.15) is 5.82 Å². The van der Waals surface area contributed by atoms with Gasteiger partial charge in [0.05, 0.1) is 18.3 Å². The second-order valence-corrected chi connectivity index (χ2v) is 5.94. The van der Waals surface area contributed by atoms with E-state index in [0.29, 0.717) is 11.0 Å². The highest BCUT2D eigenvalue weighted by atomic mass is 79.9. The van der Waals surface area contributed by atoms with Gasteiger partial charge in [0, 0.05) is 16.7 Å². The van der Waals surface area contributed by atoms with Crippen molar-refractivity contribution in [3.63, 3.8) is 0 Å². The first-order chi connectivity index (χ1) is 8.28. The SMILES string of the molecule is CC(C)(C)OCC(O)CNc1ccc(F)cc1Br. The standard InChI is InChI=1S/C13H19BrFNO2/c1-13(2,3)18-8-10(17)7-16-12-5-4-9(15)6-11(12)14/h4-6,10,16-17H,7-8H2,1-3H3. The van der Waals surface area contributed by atoms with Crippen LogP contribution < -0.4 is 5.32 Å². The molecule has 3 nitrogen and oxygen atoms in total. The molecule has 0 aromatic heterocycles. The van der Waals surface area contributed by atoms with Crippen LogP contribution in [0.2, 0.25) is 0 Å². The Hall–Kier alpha value is -0.650. The van der Waals surface area contributed by atoms with Gasteiger partial charge in [0.25, 0.3) is 0 Å². The molecule has 0 aliphatic rings. The summed E-state index contributed by atoms with van der Waals surface area (Å²) < 4.78 is 19.0. The summed E-state index contributed by atoms with van der Waals surface area (Å²) in [5.74, 6) is -0.302. The minimum atomic E-state index is -0.610. The summed E-state index contributed by atoms with van der Waals surface area (Å²) in [5, 5.41) is 12.8. The number of rotatable bonds is 5. The van der Waals surface area contributed by atoms with Crippen LogP contribution in [0.4, 0.5) is 10.1 Å². The fraction of sp³-hybridized carbons (Fsp3) is 0.538. The third kappa shape index (κ3) is 5.80. The van der Waals surface area contributed by atoms with Crippen LogP contribution in [-0.2, 0) is 4.74 Å². The molecule has 18 heavy (non-hydrogen) atoms. The molecule has 1 rings (SSSR count). The monoisotopic (exact) mass is 319 g/mol. The third-order valence-electron chi connectivity index (χ3n) is 2.17. The van der Waals surface area contributed by atoms with E-state index in [2.05, 4.69) is 21.2 Å². The molecule has 0 fully saturated rings. The normalized spacial score (nSPS) is 13.4. The molecule has 1 aromatic rings. The Labute approximate surface area is 115 Å². The predicted molar refractivity (Wildman–Crippen MR) is 74.3 cm³/mol. The van der Waals surface area contributed by atoms with Gasteiger partial charge in [-0.2, -0.15) is 0 Å². The number of aliphatic hydroxyl groups is 1. The molecule has 0 bridgehead atoms. The molecular weight excluding hydrogens is 301 g/mol. The lowest BCUT2D eigenvalue weighted by atomic mass is 10.2. The lowest BCUT2D eigenvalue weighted by Gasteiger charge is -2.22. The number of halogens is 2. The zero-order chi connectivity index (χ0) is 13.8. The maximum atomic E-state index is 12.9. The minimum absolute atomic E-state index is 0.259. The second-order valence-electron chi connectivity index (χ2n) is 5.08. The van der Waals surface area contributed by atoms with Crippen molar-refractivity contribution in [2.75, 3.05) is 18.5 Å². The van der Waals surface area contributed by atoms with Crippen molar-refractivity contribution in [1.29, 1.82) is 0 Å². The fourth-order valence-electron chi connectivity index (χ4n) is 1.27. The molecule has 1 unspecified atom stereocenters. The average Bonchev–Trinajstić information content (AvgIpc) is 2.24. The van der Waals surface area contributed by atoms with Gasteiger partial charge in [0.2, 0.25) is 0 Å². The lowest BCUT2D eigenvalue weighted by Crippen LogP contribution is -2.30. The summed E-state index contributed by atoms with van der Waals surface area (Å²) in [6, 6.07) is 4.36. The number of anilines is 1. The van der Waals surface area contributed by atoms with Gasteiger partial charge in [-0.1, -0.05) is 0 Å². The molecule has 0 saturated heterocycles. The van der Waals surface area contributed by atoms with Crippen LogP contribution in [0.25, 0.3) is 0 Å². The highest BCUT2D eigenvalue weighted by Crippen LogP contribution is 2.22. The van der Waals surface area contributed by atoms with Crippen LogP contribution in [-0.4, -0.2) is 30.0 Å². The highest BCUT2D eigenvalue weighted by Gasteiger charge is 2.13. The number of hydrogen-bond donors (Lipinski definition) is 2. The Morgan fingerprint density at radius 3 is 2.67 bits per heavy atom. The summed E-state index contributed by atoms with van der Waals surface area (Å²) in [7, 11) is 0. The summed E-state index contributed by atoms with van der Waals surface area (Å²) in [6.07, 6.45) is -0.610. The van der Waals surface area contributed by atoms with Gasteiger partial charge in [-0.25, -0.2) is 4.39 Å².